The average molecular weight is 234 g/mol. The number of nitrogen functional groups attached to an aromatic ring is 1. The fourth-order valence-electron chi connectivity index (χ4n) is 1.80. The monoisotopic (exact) mass is 233 g/mol. The molecule has 1 aliphatic carbocycles. The Hall–Kier alpha value is -1.48. The first-order valence-electron chi connectivity index (χ1n) is 5.33. The van der Waals surface area contributed by atoms with E-state index in [-0.39, 0.29) is 0 Å². The number of aromatic nitrogens is 2. The molecule has 0 atom stereocenters. The van der Waals surface area contributed by atoms with Crippen LogP contribution in [0, 0.1) is 0 Å². The van der Waals surface area contributed by atoms with Gasteiger partial charge in [-0.1, -0.05) is 11.6 Å². The molecule has 2 aromatic rings. The lowest BCUT2D eigenvalue weighted by Gasteiger charge is -2.00. The zero-order valence-electron chi connectivity index (χ0n) is 8.73. The van der Waals surface area contributed by atoms with Gasteiger partial charge in [-0.05, 0) is 36.6 Å². The molecule has 0 saturated heterocycles. The molecule has 1 heterocycles. The van der Waals surface area contributed by atoms with Gasteiger partial charge in [-0.15, -0.1) is 0 Å². The molecule has 0 radical (unpaired) electrons. The fourth-order valence-corrected chi connectivity index (χ4v) is 2.05. The summed E-state index contributed by atoms with van der Waals surface area (Å²) in [5, 5.41) is 5.01. The van der Waals surface area contributed by atoms with Crippen LogP contribution in [0.5, 0.6) is 0 Å². The second kappa shape index (κ2) is 3.52. The third-order valence-corrected chi connectivity index (χ3v) is 2.99. The Morgan fingerprint density at radius 2 is 2.06 bits per heavy atom. The van der Waals surface area contributed by atoms with E-state index in [2.05, 4.69) is 11.3 Å². The average Bonchev–Trinajstić information content (AvgIpc) is 2.95. The van der Waals surface area contributed by atoms with Crippen LogP contribution >= 0.6 is 11.6 Å². The van der Waals surface area contributed by atoms with Crippen LogP contribution < -0.4 is 5.73 Å². The van der Waals surface area contributed by atoms with E-state index in [9.17, 15) is 0 Å². The van der Waals surface area contributed by atoms with E-state index in [1.54, 1.807) is 6.07 Å². The summed E-state index contributed by atoms with van der Waals surface area (Å²) >= 11 is 5.97. The minimum atomic E-state index is 0.602. The van der Waals surface area contributed by atoms with E-state index in [0.717, 1.165) is 11.1 Å². The Balaban J connectivity index is 2.00. The summed E-state index contributed by atoms with van der Waals surface area (Å²) in [5.41, 5.74) is 8.54. The van der Waals surface area contributed by atoms with Crippen molar-refractivity contribution in [1.82, 2.24) is 9.78 Å². The summed E-state index contributed by atoms with van der Waals surface area (Å²) in [6.45, 7) is 0. The molecular formula is C12H12ClN3. The Bertz CT molecular complexity index is 509. The number of anilines is 1. The minimum Gasteiger partial charge on any atom is -0.399 e. The molecule has 1 aromatic heterocycles. The van der Waals surface area contributed by atoms with Crippen LogP contribution in [-0.2, 0) is 0 Å². The summed E-state index contributed by atoms with van der Waals surface area (Å²) in [6, 6.07) is 6.17. The Labute approximate surface area is 98.8 Å². The van der Waals surface area contributed by atoms with E-state index in [4.69, 9.17) is 17.3 Å². The van der Waals surface area contributed by atoms with Gasteiger partial charge in [-0.2, -0.15) is 5.10 Å². The lowest BCUT2D eigenvalue weighted by atomic mass is 10.1. The minimum absolute atomic E-state index is 0.602. The maximum atomic E-state index is 5.97. The zero-order valence-corrected chi connectivity index (χ0v) is 9.48. The Morgan fingerprint density at radius 3 is 2.75 bits per heavy atom. The third-order valence-electron chi connectivity index (χ3n) is 2.78. The molecule has 82 valence electrons. The van der Waals surface area contributed by atoms with Gasteiger partial charge in [0.05, 0.1) is 12.2 Å². The second-order valence-electron chi connectivity index (χ2n) is 4.21. The number of nitrogens with two attached hydrogens (primary N) is 1. The van der Waals surface area contributed by atoms with Gasteiger partial charge in [-0.3, -0.25) is 4.68 Å². The van der Waals surface area contributed by atoms with E-state index in [1.807, 2.05) is 23.0 Å². The van der Waals surface area contributed by atoms with Crippen LogP contribution in [0.15, 0.2) is 30.6 Å². The molecule has 3 nitrogen and oxygen atoms in total. The number of hydrogen-bond donors (Lipinski definition) is 1. The van der Waals surface area contributed by atoms with Crippen LogP contribution in [0.1, 0.15) is 18.9 Å². The molecule has 4 heteroatoms. The number of hydrogen-bond acceptors (Lipinski definition) is 2. The van der Waals surface area contributed by atoms with Crippen molar-refractivity contribution in [2.24, 2.45) is 0 Å². The van der Waals surface area contributed by atoms with Crippen molar-refractivity contribution in [3.63, 3.8) is 0 Å². The molecule has 0 aliphatic heterocycles. The highest BCUT2D eigenvalue weighted by atomic mass is 35.5. The van der Waals surface area contributed by atoms with E-state index >= 15 is 0 Å². The van der Waals surface area contributed by atoms with Gasteiger partial charge in [-0.25, -0.2) is 0 Å². The number of rotatable bonds is 2. The van der Waals surface area contributed by atoms with Crippen LogP contribution in [-0.4, -0.2) is 9.78 Å². The fraction of sp³-hybridized carbons (Fsp3) is 0.250. The summed E-state index contributed by atoms with van der Waals surface area (Å²) < 4.78 is 2.02. The molecule has 1 aliphatic rings. The highest BCUT2D eigenvalue weighted by Crippen LogP contribution is 2.35. The Kier molecular flexibility index (Phi) is 2.14. The SMILES string of the molecule is Nc1cc(Cl)cc(-c2cnn(C3CC3)c2)c1. The number of halogens is 1. The summed E-state index contributed by atoms with van der Waals surface area (Å²) in [5.74, 6) is 0. The normalized spacial score (nSPS) is 15.3. The second-order valence-corrected chi connectivity index (χ2v) is 4.65. The smallest absolute Gasteiger partial charge is 0.0568 e. The first kappa shape index (κ1) is 9.73. The van der Waals surface area contributed by atoms with E-state index < -0.39 is 0 Å². The molecule has 2 N–H and O–H groups in total. The predicted molar refractivity (Wildman–Crippen MR) is 65.4 cm³/mol. The molecule has 0 bridgehead atoms. The maximum Gasteiger partial charge on any atom is 0.0568 e. The van der Waals surface area contributed by atoms with Crippen LogP contribution in [0.4, 0.5) is 5.69 Å². The first-order chi connectivity index (χ1) is 7.72. The van der Waals surface area contributed by atoms with Gasteiger partial charge in [0.1, 0.15) is 0 Å². The lowest BCUT2D eigenvalue weighted by Crippen LogP contribution is -1.92. The summed E-state index contributed by atoms with van der Waals surface area (Å²) in [7, 11) is 0. The number of nitrogens with zero attached hydrogens (tertiary/aromatic N) is 2. The van der Waals surface area contributed by atoms with Gasteiger partial charge in [0.25, 0.3) is 0 Å². The Morgan fingerprint density at radius 1 is 1.25 bits per heavy atom. The van der Waals surface area contributed by atoms with E-state index in [1.165, 1.54) is 12.8 Å². The van der Waals surface area contributed by atoms with Gasteiger partial charge >= 0.3 is 0 Å². The van der Waals surface area contributed by atoms with Crippen molar-refractivity contribution in [3.8, 4) is 11.1 Å². The quantitative estimate of drug-likeness (QED) is 0.810. The highest BCUT2D eigenvalue weighted by molar-refractivity contribution is 6.31. The molecule has 0 unspecified atom stereocenters. The molecule has 0 spiro atoms. The maximum absolute atomic E-state index is 5.97. The van der Waals surface area contributed by atoms with Crippen LogP contribution in [0.2, 0.25) is 5.02 Å². The first-order valence-corrected chi connectivity index (χ1v) is 5.71. The summed E-state index contributed by atoms with van der Waals surface area (Å²) in [4.78, 5) is 0. The van der Waals surface area contributed by atoms with Gasteiger partial charge in [0.2, 0.25) is 0 Å². The summed E-state index contributed by atoms with van der Waals surface area (Å²) in [6.07, 6.45) is 6.39. The predicted octanol–water partition coefficient (Wildman–Crippen LogP) is 3.12. The molecule has 1 saturated carbocycles. The van der Waals surface area contributed by atoms with Crippen LogP contribution in [0.3, 0.4) is 0 Å². The molecule has 0 amide bonds. The zero-order chi connectivity index (χ0) is 11.1. The van der Waals surface area contributed by atoms with Crippen LogP contribution in [0.25, 0.3) is 11.1 Å². The molecule has 3 rings (SSSR count). The van der Waals surface area contributed by atoms with Crippen molar-refractivity contribution >= 4 is 17.3 Å². The van der Waals surface area contributed by atoms with Crippen molar-refractivity contribution in [2.75, 3.05) is 5.73 Å². The van der Waals surface area contributed by atoms with Gasteiger partial charge < -0.3 is 5.73 Å². The molecular weight excluding hydrogens is 222 g/mol. The topological polar surface area (TPSA) is 43.8 Å². The van der Waals surface area contributed by atoms with Crippen molar-refractivity contribution < 1.29 is 0 Å². The van der Waals surface area contributed by atoms with Crippen molar-refractivity contribution in [2.45, 2.75) is 18.9 Å². The molecule has 1 fully saturated rings. The highest BCUT2D eigenvalue weighted by Gasteiger charge is 2.24. The molecule has 16 heavy (non-hydrogen) atoms. The largest absolute Gasteiger partial charge is 0.399 e. The van der Waals surface area contributed by atoms with Crippen molar-refractivity contribution in [1.29, 1.82) is 0 Å². The van der Waals surface area contributed by atoms with Crippen molar-refractivity contribution in [3.05, 3.63) is 35.6 Å². The molecule has 1 aromatic carbocycles. The van der Waals surface area contributed by atoms with Gasteiger partial charge in [0.15, 0.2) is 0 Å². The lowest BCUT2D eigenvalue weighted by molar-refractivity contribution is 0.642. The van der Waals surface area contributed by atoms with E-state index in [0.29, 0.717) is 16.8 Å². The standard InChI is InChI=1S/C12H12ClN3/c13-10-3-8(4-11(14)5-10)9-6-15-16(7-9)12-1-2-12/h3-7,12H,1-2,14H2. The van der Waals surface area contributed by atoms with Gasteiger partial charge in [0, 0.05) is 22.5 Å². The number of benzene rings is 1. The third kappa shape index (κ3) is 1.78.